The molecule has 2 aromatic rings. The van der Waals surface area contributed by atoms with Crippen LogP contribution in [0.3, 0.4) is 0 Å². The Bertz CT molecular complexity index is 846. The van der Waals surface area contributed by atoms with Crippen molar-refractivity contribution >= 4 is 23.3 Å². The van der Waals surface area contributed by atoms with Crippen LogP contribution in [-0.2, 0) is 9.53 Å². The summed E-state index contributed by atoms with van der Waals surface area (Å²) in [6.45, 7) is -0.249. The van der Waals surface area contributed by atoms with E-state index in [9.17, 15) is 14.7 Å². The highest BCUT2D eigenvalue weighted by Gasteiger charge is 2.33. The summed E-state index contributed by atoms with van der Waals surface area (Å²) >= 11 is 0. The first-order valence-electron chi connectivity index (χ1n) is 9.90. The average molecular weight is 413 g/mol. The highest BCUT2D eigenvalue weighted by atomic mass is 16.5. The van der Waals surface area contributed by atoms with Crippen molar-refractivity contribution in [2.24, 2.45) is 0 Å². The predicted octanol–water partition coefficient (Wildman–Crippen LogP) is 2.75. The summed E-state index contributed by atoms with van der Waals surface area (Å²) in [7, 11) is 1.56. The minimum Gasteiger partial charge on any atom is -0.497 e. The van der Waals surface area contributed by atoms with Crippen LogP contribution in [0.15, 0.2) is 54.6 Å². The molecular formula is C22H27N3O5. The number of carbonyl (C=O) groups is 2. The quantitative estimate of drug-likeness (QED) is 0.558. The zero-order chi connectivity index (χ0) is 21.3. The summed E-state index contributed by atoms with van der Waals surface area (Å²) in [5.41, 5.74) is 1.32. The van der Waals surface area contributed by atoms with E-state index in [2.05, 4.69) is 16.0 Å². The Morgan fingerprint density at radius 2 is 1.83 bits per heavy atom. The molecule has 160 valence electrons. The Balaban J connectivity index is 1.48. The molecule has 8 nitrogen and oxygen atoms in total. The first-order valence-corrected chi connectivity index (χ1v) is 9.90. The first-order chi connectivity index (χ1) is 14.6. The number of hydrogen-bond donors (Lipinski definition) is 4. The van der Waals surface area contributed by atoms with E-state index in [4.69, 9.17) is 9.47 Å². The first kappa shape index (κ1) is 21.6. The maximum absolute atomic E-state index is 12.3. The lowest BCUT2D eigenvalue weighted by Gasteiger charge is -2.35. The topological polar surface area (TPSA) is 109 Å². The normalized spacial score (nSPS) is 20.8. The summed E-state index contributed by atoms with van der Waals surface area (Å²) < 4.78 is 11.0. The van der Waals surface area contributed by atoms with Crippen LogP contribution in [0.1, 0.15) is 19.3 Å². The number of nitrogens with one attached hydrogen (secondary N) is 3. The van der Waals surface area contributed by atoms with Crippen LogP contribution >= 0.6 is 0 Å². The van der Waals surface area contributed by atoms with E-state index in [0.29, 0.717) is 24.3 Å². The van der Waals surface area contributed by atoms with E-state index >= 15 is 0 Å². The molecule has 2 aromatic carbocycles. The van der Waals surface area contributed by atoms with Crippen LogP contribution in [0.2, 0.25) is 0 Å². The van der Waals surface area contributed by atoms with Crippen molar-refractivity contribution in [2.75, 3.05) is 24.4 Å². The number of anilines is 2. The Labute approximate surface area is 175 Å². The minimum atomic E-state index is -0.579. The Morgan fingerprint density at radius 3 is 2.57 bits per heavy atom. The van der Waals surface area contributed by atoms with Gasteiger partial charge in [-0.25, -0.2) is 4.79 Å². The van der Waals surface area contributed by atoms with E-state index in [1.807, 2.05) is 30.3 Å². The van der Waals surface area contributed by atoms with Crippen LogP contribution in [0.5, 0.6) is 5.75 Å². The number of carbonyl (C=O) groups excluding carboxylic acids is 2. The molecular weight excluding hydrogens is 386 g/mol. The predicted molar refractivity (Wildman–Crippen MR) is 114 cm³/mol. The number of ether oxygens (including phenoxy) is 2. The van der Waals surface area contributed by atoms with Gasteiger partial charge < -0.3 is 30.5 Å². The van der Waals surface area contributed by atoms with Crippen LogP contribution in [0.4, 0.5) is 16.2 Å². The molecule has 3 rings (SSSR count). The Hall–Kier alpha value is -3.10. The molecule has 0 aliphatic carbocycles. The maximum Gasteiger partial charge on any atom is 0.319 e. The third-order valence-corrected chi connectivity index (χ3v) is 4.91. The van der Waals surface area contributed by atoms with Gasteiger partial charge in [0.25, 0.3) is 0 Å². The van der Waals surface area contributed by atoms with Crippen molar-refractivity contribution in [3.05, 3.63) is 54.6 Å². The standard InChI is InChI=1S/C22H27N3O5/c1-29-17-9-5-8-16(12-17)24-22(28)25-19-11-10-18(30-20(19)14-26)13-21(27)23-15-6-3-2-4-7-15/h2-9,12,18-20,26H,10-11,13-14H2,1H3,(H,23,27)(H2,24,25,28)/t18-,19-,20-/m0/s1. The molecule has 1 aliphatic heterocycles. The fourth-order valence-corrected chi connectivity index (χ4v) is 3.42. The molecule has 0 spiro atoms. The van der Waals surface area contributed by atoms with Crippen LogP contribution < -0.4 is 20.7 Å². The van der Waals surface area contributed by atoms with E-state index in [-0.39, 0.29) is 31.1 Å². The average Bonchev–Trinajstić information content (AvgIpc) is 2.75. The zero-order valence-electron chi connectivity index (χ0n) is 16.8. The highest BCUT2D eigenvalue weighted by molar-refractivity contribution is 5.91. The zero-order valence-corrected chi connectivity index (χ0v) is 16.8. The molecule has 1 heterocycles. The van der Waals surface area contributed by atoms with Crippen molar-refractivity contribution in [2.45, 2.75) is 37.5 Å². The smallest absolute Gasteiger partial charge is 0.319 e. The molecule has 0 aromatic heterocycles. The summed E-state index contributed by atoms with van der Waals surface area (Å²) in [6, 6.07) is 15.5. The molecule has 8 heteroatoms. The molecule has 0 bridgehead atoms. The van der Waals surface area contributed by atoms with Gasteiger partial charge in [-0.3, -0.25) is 4.79 Å². The second kappa shape index (κ2) is 10.6. The van der Waals surface area contributed by atoms with Gasteiger partial charge >= 0.3 is 6.03 Å². The van der Waals surface area contributed by atoms with Gasteiger partial charge in [-0.1, -0.05) is 24.3 Å². The lowest BCUT2D eigenvalue weighted by Crippen LogP contribution is -2.52. The summed E-state index contributed by atoms with van der Waals surface area (Å²) in [6.07, 6.45) is 0.492. The largest absolute Gasteiger partial charge is 0.497 e. The van der Waals surface area contributed by atoms with Gasteiger partial charge in [0.1, 0.15) is 11.9 Å². The molecule has 3 amide bonds. The van der Waals surface area contributed by atoms with E-state index < -0.39 is 12.1 Å². The fourth-order valence-electron chi connectivity index (χ4n) is 3.42. The number of methoxy groups -OCH3 is 1. The van der Waals surface area contributed by atoms with Crippen molar-refractivity contribution < 1.29 is 24.2 Å². The van der Waals surface area contributed by atoms with E-state index in [0.717, 1.165) is 5.69 Å². The summed E-state index contributed by atoms with van der Waals surface area (Å²) in [5, 5.41) is 18.1. The number of aliphatic hydroxyl groups excluding tert-OH is 1. The van der Waals surface area contributed by atoms with Gasteiger partial charge in [0.2, 0.25) is 5.91 Å². The second-order valence-electron chi connectivity index (χ2n) is 7.11. The minimum absolute atomic E-state index is 0.148. The second-order valence-corrected chi connectivity index (χ2v) is 7.11. The number of urea groups is 1. The SMILES string of the molecule is COc1cccc(NC(=O)N[C@H]2CC[C@@H](CC(=O)Nc3ccccc3)O[C@H]2CO)c1. The number of aliphatic hydroxyl groups is 1. The number of rotatable bonds is 7. The van der Waals surface area contributed by atoms with Gasteiger partial charge in [-0.15, -0.1) is 0 Å². The van der Waals surface area contributed by atoms with Gasteiger partial charge in [0.05, 0.1) is 32.3 Å². The van der Waals surface area contributed by atoms with Crippen molar-refractivity contribution in [3.8, 4) is 5.75 Å². The summed E-state index contributed by atoms with van der Waals surface area (Å²) in [4.78, 5) is 24.6. The monoisotopic (exact) mass is 413 g/mol. The van der Waals surface area contributed by atoms with Gasteiger partial charge in [0.15, 0.2) is 0 Å². The van der Waals surface area contributed by atoms with Crippen LogP contribution in [0.25, 0.3) is 0 Å². The fraction of sp³-hybridized carbons (Fsp3) is 0.364. The van der Waals surface area contributed by atoms with Gasteiger partial charge in [-0.2, -0.15) is 0 Å². The molecule has 1 aliphatic rings. The Kier molecular flexibility index (Phi) is 7.64. The van der Waals surface area contributed by atoms with Gasteiger partial charge in [-0.05, 0) is 37.1 Å². The summed E-state index contributed by atoms with van der Waals surface area (Å²) in [5.74, 6) is 0.490. The molecule has 0 radical (unpaired) electrons. The Morgan fingerprint density at radius 1 is 1.07 bits per heavy atom. The lowest BCUT2D eigenvalue weighted by molar-refractivity contribution is -0.126. The molecule has 30 heavy (non-hydrogen) atoms. The van der Waals surface area contributed by atoms with E-state index in [1.165, 1.54) is 0 Å². The lowest BCUT2D eigenvalue weighted by atomic mass is 9.97. The number of para-hydroxylation sites is 1. The van der Waals surface area contributed by atoms with Crippen LogP contribution in [-0.4, -0.2) is 49.0 Å². The number of hydrogen-bond acceptors (Lipinski definition) is 5. The molecule has 1 fully saturated rings. The molecule has 3 atom stereocenters. The third-order valence-electron chi connectivity index (χ3n) is 4.91. The van der Waals surface area contributed by atoms with Gasteiger partial charge in [0, 0.05) is 17.4 Å². The van der Waals surface area contributed by atoms with Crippen molar-refractivity contribution in [1.82, 2.24) is 5.32 Å². The maximum atomic E-state index is 12.3. The van der Waals surface area contributed by atoms with Crippen LogP contribution in [0, 0.1) is 0 Å². The number of benzene rings is 2. The molecule has 4 N–H and O–H groups in total. The van der Waals surface area contributed by atoms with Crippen molar-refractivity contribution in [1.29, 1.82) is 0 Å². The molecule has 0 saturated carbocycles. The molecule has 1 saturated heterocycles. The highest BCUT2D eigenvalue weighted by Crippen LogP contribution is 2.23. The number of amides is 3. The molecule has 0 unspecified atom stereocenters. The van der Waals surface area contributed by atoms with E-state index in [1.54, 1.807) is 31.4 Å². The third kappa shape index (κ3) is 6.20. The van der Waals surface area contributed by atoms with Crippen molar-refractivity contribution in [3.63, 3.8) is 0 Å².